The number of carbonyl (C=O) groups excluding carboxylic acids is 2. The summed E-state index contributed by atoms with van der Waals surface area (Å²) in [4.78, 5) is 45.4. The molecule has 35 heavy (non-hydrogen) atoms. The number of nitrogens with zero attached hydrogens (tertiary/aromatic N) is 4. The molecule has 10 heteroatoms. The van der Waals surface area contributed by atoms with Crippen molar-refractivity contribution in [1.29, 1.82) is 0 Å². The summed E-state index contributed by atoms with van der Waals surface area (Å²) < 4.78 is 8.25. The number of hydrogen-bond acceptors (Lipinski definition) is 7. The van der Waals surface area contributed by atoms with Gasteiger partial charge in [-0.1, -0.05) is 0 Å². The van der Waals surface area contributed by atoms with E-state index in [0.29, 0.717) is 21.8 Å². The second kappa shape index (κ2) is 9.77. The fourth-order valence-electron chi connectivity index (χ4n) is 4.45. The van der Waals surface area contributed by atoms with Crippen LogP contribution >= 0.6 is 11.3 Å². The average Bonchev–Trinajstić information content (AvgIpc) is 3.35. The molecule has 0 bridgehead atoms. The number of amides is 1. The van der Waals surface area contributed by atoms with Gasteiger partial charge >= 0.3 is 5.97 Å². The Morgan fingerprint density at radius 1 is 1.20 bits per heavy atom. The Morgan fingerprint density at radius 2 is 1.91 bits per heavy atom. The van der Waals surface area contributed by atoms with Gasteiger partial charge in [0.25, 0.3) is 5.56 Å². The van der Waals surface area contributed by atoms with Crippen LogP contribution in [-0.2, 0) is 22.4 Å². The molecule has 3 heterocycles. The third-order valence-electron chi connectivity index (χ3n) is 6.42. The highest BCUT2D eigenvalue weighted by molar-refractivity contribution is 7.17. The van der Waals surface area contributed by atoms with Crippen molar-refractivity contribution in [3.05, 3.63) is 55.1 Å². The van der Waals surface area contributed by atoms with Crippen molar-refractivity contribution >= 4 is 28.2 Å². The fourth-order valence-corrected chi connectivity index (χ4v) is 5.73. The minimum absolute atomic E-state index is 0.253. The summed E-state index contributed by atoms with van der Waals surface area (Å²) in [5, 5.41) is 7.89. The van der Waals surface area contributed by atoms with E-state index in [-0.39, 0.29) is 18.1 Å². The molecule has 3 aromatic heterocycles. The Labute approximate surface area is 208 Å². The van der Waals surface area contributed by atoms with Crippen molar-refractivity contribution in [3.8, 4) is 5.95 Å². The molecule has 4 rings (SSSR count). The van der Waals surface area contributed by atoms with Gasteiger partial charge in [0, 0.05) is 21.8 Å². The summed E-state index contributed by atoms with van der Waals surface area (Å²) in [7, 11) is 0. The lowest BCUT2D eigenvalue weighted by Gasteiger charge is -2.20. The van der Waals surface area contributed by atoms with E-state index in [9.17, 15) is 14.4 Å². The SMILES string of the molecule is CCOC(=O)c1c(NC(=O)C(C)n2c(-n3nc(C)cc3C)nc(C)c(C)c2=O)sc2c1CCCC2. The number of fused-ring (bicyclic) bond motifs is 1. The van der Waals surface area contributed by atoms with Gasteiger partial charge in [-0.05, 0) is 78.9 Å². The van der Waals surface area contributed by atoms with E-state index in [2.05, 4.69) is 15.4 Å². The Balaban J connectivity index is 1.76. The Kier molecular flexibility index (Phi) is 6.93. The lowest BCUT2D eigenvalue weighted by Crippen LogP contribution is -2.36. The number of aromatic nitrogens is 4. The van der Waals surface area contributed by atoms with Gasteiger partial charge in [0.1, 0.15) is 11.0 Å². The number of nitrogens with one attached hydrogen (secondary N) is 1. The van der Waals surface area contributed by atoms with Gasteiger partial charge in [-0.2, -0.15) is 5.10 Å². The Bertz CT molecular complexity index is 1370. The molecule has 0 radical (unpaired) electrons. The highest BCUT2D eigenvalue weighted by atomic mass is 32.1. The minimum Gasteiger partial charge on any atom is -0.462 e. The van der Waals surface area contributed by atoms with Crippen molar-refractivity contribution in [2.45, 2.75) is 73.3 Å². The standard InChI is InChI=1S/C25H31N5O4S/c1-7-34-24(33)20-18-10-8-9-11-19(18)35-22(20)27-21(31)17(6)29-23(32)15(4)16(5)26-25(29)30-14(3)12-13(2)28-30/h12,17H,7-11H2,1-6H3,(H,27,31). The van der Waals surface area contributed by atoms with Crippen LogP contribution in [0, 0.1) is 27.7 Å². The van der Waals surface area contributed by atoms with E-state index >= 15 is 0 Å². The number of ether oxygens (including phenoxy) is 1. The molecule has 9 nitrogen and oxygen atoms in total. The van der Waals surface area contributed by atoms with E-state index in [0.717, 1.165) is 47.5 Å². The molecule has 1 unspecified atom stereocenters. The van der Waals surface area contributed by atoms with Gasteiger partial charge in [0.15, 0.2) is 0 Å². The van der Waals surface area contributed by atoms with Crippen LogP contribution in [0.1, 0.15) is 76.2 Å². The third-order valence-corrected chi connectivity index (χ3v) is 7.63. The van der Waals surface area contributed by atoms with Crippen LogP contribution in [0.4, 0.5) is 5.00 Å². The van der Waals surface area contributed by atoms with Crippen molar-refractivity contribution in [2.75, 3.05) is 11.9 Å². The summed E-state index contributed by atoms with van der Waals surface area (Å²) in [6, 6.07) is 0.987. The van der Waals surface area contributed by atoms with Crippen LogP contribution in [0.2, 0.25) is 0 Å². The molecule has 1 aliphatic rings. The molecular formula is C25H31N5O4S. The molecule has 0 aromatic carbocycles. The predicted molar refractivity (Wildman–Crippen MR) is 135 cm³/mol. The maximum absolute atomic E-state index is 13.5. The second-order valence-corrected chi connectivity index (χ2v) is 10.0. The number of anilines is 1. The molecule has 0 saturated carbocycles. The summed E-state index contributed by atoms with van der Waals surface area (Å²) in [5.41, 5.74) is 3.73. The molecular weight excluding hydrogens is 466 g/mol. The number of aryl methyl sites for hydroxylation is 4. The van der Waals surface area contributed by atoms with Crippen LogP contribution in [-0.4, -0.2) is 37.8 Å². The fraction of sp³-hybridized carbons (Fsp3) is 0.480. The smallest absolute Gasteiger partial charge is 0.341 e. The van der Waals surface area contributed by atoms with E-state index in [4.69, 9.17) is 4.74 Å². The number of thiophene rings is 1. The second-order valence-electron chi connectivity index (χ2n) is 8.94. The Morgan fingerprint density at radius 3 is 2.57 bits per heavy atom. The first-order valence-electron chi connectivity index (χ1n) is 11.9. The maximum atomic E-state index is 13.5. The van der Waals surface area contributed by atoms with Crippen molar-refractivity contribution in [3.63, 3.8) is 0 Å². The molecule has 3 aromatic rings. The highest BCUT2D eigenvalue weighted by Crippen LogP contribution is 2.39. The van der Waals surface area contributed by atoms with Crippen molar-refractivity contribution in [2.24, 2.45) is 0 Å². The van der Waals surface area contributed by atoms with Gasteiger partial charge in [0.2, 0.25) is 11.9 Å². The van der Waals surface area contributed by atoms with E-state index in [1.807, 2.05) is 19.9 Å². The number of hydrogen-bond donors (Lipinski definition) is 1. The quantitative estimate of drug-likeness (QED) is 0.516. The van der Waals surface area contributed by atoms with E-state index in [1.54, 1.807) is 32.4 Å². The van der Waals surface area contributed by atoms with Crippen LogP contribution < -0.4 is 10.9 Å². The normalized spacial score (nSPS) is 13.9. The summed E-state index contributed by atoms with van der Waals surface area (Å²) in [6.45, 7) is 10.9. The molecule has 1 amide bonds. The molecule has 0 saturated heterocycles. The number of carbonyl (C=O) groups is 2. The molecule has 1 atom stereocenters. The third kappa shape index (κ3) is 4.54. The topological polar surface area (TPSA) is 108 Å². The van der Waals surface area contributed by atoms with Gasteiger partial charge in [-0.25, -0.2) is 14.5 Å². The first-order chi connectivity index (χ1) is 16.6. The average molecular weight is 498 g/mol. The molecule has 0 fully saturated rings. The Hall–Kier alpha value is -3.27. The van der Waals surface area contributed by atoms with E-state index < -0.39 is 17.9 Å². The lowest BCUT2D eigenvalue weighted by molar-refractivity contribution is -0.118. The van der Waals surface area contributed by atoms with Crippen LogP contribution in [0.25, 0.3) is 5.95 Å². The molecule has 186 valence electrons. The molecule has 0 aliphatic heterocycles. The zero-order chi connectivity index (χ0) is 25.4. The van der Waals surface area contributed by atoms with Crippen molar-refractivity contribution < 1.29 is 14.3 Å². The number of rotatable bonds is 6. The summed E-state index contributed by atoms with van der Waals surface area (Å²) in [5.74, 6) is -0.560. The number of esters is 1. The van der Waals surface area contributed by atoms with Crippen LogP contribution in [0.3, 0.4) is 0 Å². The molecule has 1 N–H and O–H groups in total. The van der Waals surface area contributed by atoms with Crippen LogP contribution in [0.5, 0.6) is 0 Å². The van der Waals surface area contributed by atoms with Crippen molar-refractivity contribution in [1.82, 2.24) is 19.3 Å². The van der Waals surface area contributed by atoms with E-state index in [1.165, 1.54) is 15.9 Å². The zero-order valence-corrected chi connectivity index (χ0v) is 21.8. The first kappa shape index (κ1) is 24.8. The molecule has 1 aliphatic carbocycles. The minimum atomic E-state index is -0.901. The molecule has 0 spiro atoms. The van der Waals surface area contributed by atoms with Gasteiger partial charge in [0.05, 0.1) is 17.9 Å². The summed E-state index contributed by atoms with van der Waals surface area (Å²) >= 11 is 1.42. The van der Waals surface area contributed by atoms with Gasteiger partial charge < -0.3 is 10.1 Å². The highest BCUT2D eigenvalue weighted by Gasteiger charge is 2.30. The van der Waals surface area contributed by atoms with Gasteiger partial charge in [-0.3, -0.25) is 14.2 Å². The predicted octanol–water partition coefficient (Wildman–Crippen LogP) is 3.98. The largest absolute Gasteiger partial charge is 0.462 e. The first-order valence-corrected chi connectivity index (χ1v) is 12.7. The lowest BCUT2D eigenvalue weighted by atomic mass is 9.95. The maximum Gasteiger partial charge on any atom is 0.341 e. The van der Waals surface area contributed by atoms with Crippen LogP contribution in [0.15, 0.2) is 10.9 Å². The monoisotopic (exact) mass is 497 g/mol. The van der Waals surface area contributed by atoms with Gasteiger partial charge in [-0.15, -0.1) is 11.3 Å². The zero-order valence-electron chi connectivity index (χ0n) is 21.0. The summed E-state index contributed by atoms with van der Waals surface area (Å²) in [6.07, 6.45) is 3.71.